The van der Waals surface area contributed by atoms with E-state index in [-0.39, 0.29) is 5.41 Å². The lowest BCUT2D eigenvalue weighted by atomic mass is 9.67. The summed E-state index contributed by atoms with van der Waals surface area (Å²) in [6.07, 6.45) is 20.7. The summed E-state index contributed by atoms with van der Waals surface area (Å²) in [5.41, 5.74) is 11.0. The molecule has 2 atom stereocenters. The molecule has 0 saturated carbocycles. The topological polar surface area (TPSA) is 0 Å². The third-order valence-electron chi connectivity index (χ3n) is 11.7. The van der Waals surface area contributed by atoms with E-state index >= 15 is 0 Å². The Morgan fingerprint density at radius 1 is 0.889 bits per heavy atom. The molecule has 45 heavy (non-hydrogen) atoms. The van der Waals surface area contributed by atoms with Crippen LogP contribution in [0, 0.1) is 17.3 Å². The molecule has 0 aliphatic heterocycles. The number of rotatable bonds is 15. The molecular formula is C44H64S. The van der Waals surface area contributed by atoms with Crippen molar-refractivity contribution >= 4 is 28.2 Å². The third-order valence-corrected chi connectivity index (χ3v) is 12.2. The van der Waals surface area contributed by atoms with E-state index in [1.54, 1.807) is 27.8 Å². The standard InChI is InChI=1S/C44H64S/c1-9-32(10-2)16-15-17-40(45)21-18-33-24-25-44(8,30-31(7)26-33)43-41-22-19-36(34(11-3)12-4)27-38(41)29-39-28-37(20-23-42(39)43)35(13-5)14-6/h19-20,22-23,26-28,32-34H,9-18,21,24-25,29-30H2,1-8H3. The lowest BCUT2D eigenvalue weighted by Gasteiger charge is -2.36. The number of thiocarbonyl (C=S) groups is 1. The highest BCUT2D eigenvalue weighted by Crippen LogP contribution is 2.48. The molecule has 0 heterocycles. The van der Waals surface area contributed by atoms with Gasteiger partial charge in [-0.3, -0.25) is 0 Å². The molecule has 0 fully saturated rings. The summed E-state index contributed by atoms with van der Waals surface area (Å²) in [5.74, 6) is 2.16. The lowest BCUT2D eigenvalue weighted by Crippen LogP contribution is -2.32. The quantitative estimate of drug-likeness (QED) is 0.140. The molecule has 0 radical (unpaired) electrons. The van der Waals surface area contributed by atoms with Crippen molar-refractivity contribution in [2.75, 3.05) is 0 Å². The lowest BCUT2D eigenvalue weighted by molar-refractivity contribution is 0.374. The molecule has 0 bridgehead atoms. The number of hydrogen-bond acceptors (Lipinski definition) is 1. The van der Waals surface area contributed by atoms with Crippen molar-refractivity contribution in [3.8, 4) is 0 Å². The molecule has 0 amide bonds. The van der Waals surface area contributed by atoms with Gasteiger partial charge in [0.05, 0.1) is 0 Å². The Kier molecular flexibility index (Phi) is 13.3. The van der Waals surface area contributed by atoms with E-state index in [1.165, 1.54) is 84.2 Å². The van der Waals surface area contributed by atoms with Gasteiger partial charge in [-0.15, -0.1) is 0 Å². The summed E-state index contributed by atoms with van der Waals surface area (Å²) in [4.78, 5) is 1.31. The van der Waals surface area contributed by atoms with Crippen molar-refractivity contribution < 1.29 is 0 Å². The maximum absolute atomic E-state index is 5.91. The molecule has 4 rings (SSSR count). The summed E-state index contributed by atoms with van der Waals surface area (Å²) in [7, 11) is 0. The molecular weight excluding hydrogens is 561 g/mol. The van der Waals surface area contributed by atoms with E-state index in [1.807, 2.05) is 0 Å². The summed E-state index contributed by atoms with van der Waals surface area (Å²) in [5, 5.41) is 2.97. The van der Waals surface area contributed by atoms with E-state index in [0.717, 1.165) is 44.4 Å². The average molecular weight is 625 g/mol. The number of benzene rings is 2. The Bertz CT molecular complexity index is 1440. The van der Waals surface area contributed by atoms with E-state index in [2.05, 4.69) is 97.9 Å². The smallest absolute Gasteiger partial charge is 0.00134 e. The molecule has 0 nitrogen and oxygen atoms in total. The van der Waals surface area contributed by atoms with Crippen LogP contribution in [0.25, 0.3) is 11.1 Å². The second-order valence-electron chi connectivity index (χ2n) is 14.9. The van der Waals surface area contributed by atoms with Gasteiger partial charge in [-0.25, -0.2) is 0 Å². The van der Waals surface area contributed by atoms with Crippen molar-refractivity contribution in [3.05, 3.63) is 80.7 Å². The highest BCUT2D eigenvalue weighted by atomic mass is 32.1. The molecule has 0 saturated heterocycles. The van der Waals surface area contributed by atoms with Crippen LogP contribution >= 0.6 is 12.2 Å². The fraction of sp³-hybridized carbons (Fsp3) is 0.614. The first-order valence-electron chi connectivity index (χ1n) is 18.9. The van der Waals surface area contributed by atoms with Gasteiger partial charge in [0.15, 0.2) is 0 Å². The summed E-state index contributed by atoms with van der Waals surface area (Å²) < 4.78 is 0. The summed E-state index contributed by atoms with van der Waals surface area (Å²) in [6.45, 7) is 19.0. The first-order chi connectivity index (χ1) is 21.7. The van der Waals surface area contributed by atoms with Crippen molar-refractivity contribution in [1.29, 1.82) is 0 Å². The van der Waals surface area contributed by atoms with Gasteiger partial charge >= 0.3 is 0 Å². The van der Waals surface area contributed by atoms with Crippen molar-refractivity contribution in [1.82, 2.24) is 0 Å². The zero-order valence-corrected chi connectivity index (χ0v) is 31.1. The second kappa shape index (κ2) is 16.7. The molecule has 2 unspecified atom stereocenters. The molecule has 0 spiro atoms. The van der Waals surface area contributed by atoms with Gasteiger partial charge < -0.3 is 0 Å². The van der Waals surface area contributed by atoms with Gasteiger partial charge in [-0.2, -0.15) is 0 Å². The molecule has 2 aliphatic rings. The van der Waals surface area contributed by atoms with Crippen molar-refractivity contribution in [3.63, 3.8) is 0 Å². The van der Waals surface area contributed by atoms with Crippen LogP contribution < -0.4 is 10.4 Å². The number of hydrogen-bond donors (Lipinski definition) is 0. The van der Waals surface area contributed by atoms with Crippen LogP contribution in [0.5, 0.6) is 0 Å². The molecule has 246 valence electrons. The van der Waals surface area contributed by atoms with Crippen LogP contribution in [-0.4, -0.2) is 4.86 Å². The van der Waals surface area contributed by atoms with Gasteiger partial charge in [0.2, 0.25) is 0 Å². The van der Waals surface area contributed by atoms with Crippen molar-refractivity contribution in [2.45, 2.75) is 158 Å². The zero-order valence-electron chi connectivity index (χ0n) is 30.3. The van der Waals surface area contributed by atoms with Crippen LogP contribution in [0.2, 0.25) is 0 Å². The van der Waals surface area contributed by atoms with Crippen LogP contribution in [0.3, 0.4) is 0 Å². The van der Waals surface area contributed by atoms with E-state index in [4.69, 9.17) is 12.2 Å². The normalized spacial score (nSPS) is 19.7. The number of allylic oxidation sites excluding steroid dienone is 2. The van der Waals surface area contributed by atoms with Gasteiger partial charge in [-0.05, 0) is 150 Å². The highest BCUT2D eigenvalue weighted by Gasteiger charge is 2.36. The van der Waals surface area contributed by atoms with Crippen molar-refractivity contribution in [2.24, 2.45) is 17.3 Å². The largest absolute Gasteiger partial charge is 0.0897 e. The molecule has 0 N–H and O–H groups in total. The Morgan fingerprint density at radius 3 is 2.29 bits per heavy atom. The second-order valence-corrected chi connectivity index (χ2v) is 15.4. The van der Waals surface area contributed by atoms with E-state index in [9.17, 15) is 0 Å². The Morgan fingerprint density at radius 2 is 1.62 bits per heavy atom. The molecule has 2 aromatic carbocycles. The Labute approximate surface area is 282 Å². The Balaban J connectivity index is 1.65. The Hall–Kier alpha value is -1.99. The fourth-order valence-electron chi connectivity index (χ4n) is 8.83. The van der Waals surface area contributed by atoms with E-state index < -0.39 is 0 Å². The first-order valence-corrected chi connectivity index (χ1v) is 19.3. The first kappa shape index (κ1) is 35.9. The van der Waals surface area contributed by atoms with E-state index in [0.29, 0.717) is 11.8 Å². The summed E-state index contributed by atoms with van der Waals surface area (Å²) in [6, 6.07) is 15.0. The fourth-order valence-corrected chi connectivity index (χ4v) is 9.09. The minimum atomic E-state index is 0.120. The van der Waals surface area contributed by atoms with Gasteiger partial charge in [-0.1, -0.05) is 134 Å². The molecule has 2 aliphatic carbocycles. The number of fused-ring (bicyclic) bond motifs is 2. The monoisotopic (exact) mass is 624 g/mol. The van der Waals surface area contributed by atoms with Gasteiger partial charge in [0.25, 0.3) is 0 Å². The minimum absolute atomic E-state index is 0.120. The molecule has 1 heteroatoms. The SMILES string of the molecule is CCC(CC)=c1ccc2c(c1)Cc1cc(C(CC)CC)ccc1C=2C1(C)CCC(CCC(=S)CCCC(CC)CC)C=C(C)C1. The predicted octanol–water partition coefficient (Wildman–Crippen LogP) is 12.2. The minimum Gasteiger partial charge on any atom is -0.0897 e. The van der Waals surface area contributed by atoms with Crippen LogP contribution in [0.1, 0.15) is 173 Å². The van der Waals surface area contributed by atoms with Crippen LogP contribution in [0.4, 0.5) is 0 Å². The molecule has 2 aromatic rings. The van der Waals surface area contributed by atoms with Crippen LogP contribution in [0.15, 0.2) is 48.0 Å². The third kappa shape index (κ3) is 8.68. The predicted molar refractivity (Wildman–Crippen MR) is 204 cm³/mol. The summed E-state index contributed by atoms with van der Waals surface area (Å²) >= 11 is 5.91. The maximum atomic E-state index is 5.91. The highest BCUT2D eigenvalue weighted by molar-refractivity contribution is 7.80. The zero-order chi connectivity index (χ0) is 32.6. The molecule has 0 aromatic heterocycles. The average Bonchev–Trinajstić information content (AvgIpc) is 3.19. The maximum Gasteiger partial charge on any atom is -0.00134 e. The van der Waals surface area contributed by atoms with Gasteiger partial charge in [0, 0.05) is 0 Å². The van der Waals surface area contributed by atoms with Crippen LogP contribution in [-0.2, 0) is 6.42 Å². The van der Waals surface area contributed by atoms with Gasteiger partial charge in [0.1, 0.15) is 0 Å².